The highest BCUT2D eigenvalue weighted by atomic mass is 15.1. The molecule has 0 atom stereocenters. The van der Waals surface area contributed by atoms with Crippen LogP contribution in [0.2, 0.25) is 0 Å². The van der Waals surface area contributed by atoms with Gasteiger partial charge in [0.25, 0.3) is 0 Å². The average Bonchev–Trinajstić information content (AvgIpc) is 3.59. The second kappa shape index (κ2) is 10.6. The second-order valence-corrected chi connectivity index (χ2v) is 13.0. The third kappa shape index (κ3) is 4.18. The Morgan fingerprint density at radius 1 is 0.489 bits per heavy atom. The van der Waals surface area contributed by atoms with Gasteiger partial charge in [-0.15, -0.1) is 0 Å². The predicted octanol–water partition coefficient (Wildman–Crippen LogP) is 12.2. The van der Waals surface area contributed by atoms with Crippen LogP contribution in [-0.2, 0) is 5.41 Å². The Morgan fingerprint density at radius 3 is 1.72 bits per heavy atom. The van der Waals surface area contributed by atoms with E-state index in [0.717, 1.165) is 17.1 Å². The minimum absolute atomic E-state index is 0.123. The van der Waals surface area contributed by atoms with E-state index >= 15 is 0 Å². The standard InChI is InChI=1S/C45H34N2/c1-45(2)39-24-14-12-22-36(39)42-40(45)30-38(44-43(42)37-23-13-15-25-41(37)47(44)34-20-10-5-11-21-34)31-26-28-35(29-27-31)46(32-16-6-3-7-17-32)33-18-8-4-9-19-33/h3-30H,1-2H3. The fraction of sp³-hybridized carbons (Fsp3) is 0.0667. The molecule has 8 aromatic rings. The van der Waals surface area contributed by atoms with Gasteiger partial charge in [0.15, 0.2) is 0 Å². The van der Waals surface area contributed by atoms with Gasteiger partial charge >= 0.3 is 0 Å². The number of rotatable bonds is 5. The average molecular weight is 603 g/mol. The van der Waals surface area contributed by atoms with E-state index in [1.807, 2.05) is 0 Å². The number of fused-ring (bicyclic) bond motifs is 7. The van der Waals surface area contributed by atoms with Crippen molar-refractivity contribution in [3.05, 3.63) is 181 Å². The van der Waals surface area contributed by atoms with Gasteiger partial charge in [-0.25, -0.2) is 0 Å². The Labute approximate surface area is 275 Å². The van der Waals surface area contributed by atoms with Gasteiger partial charge in [-0.05, 0) is 88.5 Å². The molecule has 0 spiro atoms. The van der Waals surface area contributed by atoms with Crippen molar-refractivity contribution in [3.8, 4) is 27.9 Å². The molecule has 1 aliphatic carbocycles. The van der Waals surface area contributed by atoms with Crippen LogP contribution in [0.3, 0.4) is 0 Å². The largest absolute Gasteiger partial charge is 0.311 e. The molecule has 9 rings (SSSR count). The topological polar surface area (TPSA) is 8.17 Å². The Morgan fingerprint density at radius 2 is 1.04 bits per heavy atom. The molecule has 224 valence electrons. The van der Waals surface area contributed by atoms with E-state index in [9.17, 15) is 0 Å². The second-order valence-electron chi connectivity index (χ2n) is 13.0. The van der Waals surface area contributed by atoms with Crippen LogP contribution in [0.1, 0.15) is 25.0 Å². The Kier molecular flexibility index (Phi) is 6.20. The van der Waals surface area contributed by atoms with Gasteiger partial charge in [0.1, 0.15) is 0 Å². The van der Waals surface area contributed by atoms with Crippen molar-refractivity contribution in [2.24, 2.45) is 0 Å². The molecule has 1 heterocycles. The first-order valence-corrected chi connectivity index (χ1v) is 16.4. The summed E-state index contributed by atoms with van der Waals surface area (Å²) in [6, 6.07) is 61.6. The Hall–Kier alpha value is -5.86. The predicted molar refractivity (Wildman–Crippen MR) is 198 cm³/mol. The summed E-state index contributed by atoms with van der Waals surface area (Å²) in [6.07, 6.45) is 0. The van der Waals surface area contributed by atoms with Crippen LogP contribution >= 0.6 is 0 Å². The van der Waals surface area contributed by atoms with Crippen molar-refractivity contribution in [1.29, 1.82) is 0 Å². The fourth-order valence-corrected chi connectivity index (χ4v) is 7.79. The first kappa shape index (κ1) is 27.5. The zero-order chi connectivity index (χ0) is 31.5. The summed E-state index contributed by atoms with van der Waals surface area (Å²) in [5.74, 6) is 0. The summed E-state index contributed by atoms with van der Waals surface area (Å²) in [4.78, 5) is 2.32. The Balaban J connectivity index is 1.34. The highest BCUT2D eigenvalue weighted by Crippen LogP contribution is 2.55. The summed E-state index contributed by atoms with van der Waals surface area (Å²) in [7, 11) is 0. The lowest BCUT2D eigenvalue weighted by molar-refractivity contribution is 0.661. The van der Waals surface area contributed by atoms with Crippen molar-refractivity contribution in [3.63, 3.8) is 0 Å². The molecule has 0 radical (unpaired) electrons. The van der Waals surface area contributed by atoms with E-state index in [4.69, 9.17) is 0 Å². The van der Waals surface area contributed by atoms with Crippen molar-refractivity contribution in [1.82, 2.24) is 4.57 Å². The first-order chi connectivity index (χ1) is 23.1. The van der Waals surface area contributed by atoms with Crippen molar-refractivity contribution in [2.45, 2.75) is 19.3 Å². The van der Waals surface area contributed by atoms with Crippen LogP contribution in [0.25, 0.3) is 49.7 Å². The van der Waals surface area contributed by atoms with Gasteiger partial charge in [0, 0.05) is 44.5 Å². The van der Waals surface area contributed by atoms with E-state index in [2.05, 4.69) is 193 Å². The monoisotopic (exact) mass is 602 g/mol. The van der Waals surface area contributed by atoms with Crippen molar-refractivity contribution >= 4 is 38.9 Å². The summed E-state index contributed by atoms with van der Waals surface area (Å²) in [5.41, 5.74) is 14.8. The molecule has 1 aromatic heterocycles. The van der Waals surface area contributed by atoms with E-state index in [-0.39, 0.29) is 5.41 Å². The van der Waals surface area contributed by atoms with E-state index in [1.54, 1.807) is 0 Å². The number of hydrogen-bond donors (Lipinski definition) is 0. The summed E-state index contributed by atoms with van der Waals surface area (Å²) in [5, 5.41) is 2.61. The normalized spacial score (nSPS) is 13.1. The highest BCUT2D eigenvalue weighted by molar-refractivity contribution is 6.21. The molecule has 0 saturated carbocycles. The molecule has 1 aliphatic rings. The highest BCUT2D eigenvalue weighted by Gasteiger charge is 2.38. The van der Waals surface area contributed by atoms with E-state index < -0.39 is 0 Å². The van der Waals surface area contributed by atoms with E-state index in [1.165, 1.54) is 60.9 Å². The quantitative estimate of drug-likeness (QED) is 0.190. The number of benzene rings is 7. The zero-order valence-electron chi connectivity index (χ0n) is 26.6. The van der Waals surface area contributed by atoms with Crippen LogP contribution < -0.4 is 4.90 Å². The summed E-state index contributed by atoms with van der Waals surface area (Å²) >= 11 is 0. The minimum Gasteiger partial charge on any atom is -0.311 e. The smallest absolute Gasteiger partial charge is 0.0625 e. The lowest BCUT2D eigenvalue weighted by atomic mass is 9.81. The molecule has 0 amide bonds. The summed E-state index contributed by atoms with van der Waals surface area (Å²) < 4.78 is 2.47. The molecule has 0 aliphatic heterocycles. The lowest BCUT2D eigenvalue weighted by Gasteiger charge is -2.26. The van der Waals surface area contributed by atoms with Crippen molar-refractivity contribution in [2.75, 3.05) is 4.90 Å². The number of aromatic nitrogens is 1. The van der Waals surface area contributed by atoms with Gasteiger partial charge < -0.3 is 9.47 Å². The van der Waals surface area contributed by atoms with Crippen LogP contribution in [0.5, 0.6) is 0 Å². The van der Waals surface area contributed by atoms with Crippen LogP contribution in [0.15, 0.2) is 170 Å². The third-order valence-corrected chi connectivity index (χ3v) is 9.96. The lowest BCUT2D eigenvalue weighted by Crippen LogP contribution is -2.15. The van der Waals surface area contributed by atoms with Gasteiger partial charge in [0.2, 0.25) is 0 Å². The molecular weight excluding hydrogens is 569 g/mol. The molecule has 0 bridgehead atoms. The first-order valence-electron chi connectivity index (χ1n) is 16.4. The molecule has 0 fully saturated rings. The van der Waals surface area contributed by atoms with Gasteiger partial charge in [-0.1, -0.05) is 123 Å². The van der Waals surface area contributed by atoms with Gasteiger partial charge in [0.05, 0.1) is 11.0 Å². The molecule has 7 aromatic carbocycles. The number of nitrogens with zero attached hydrogens (tertiary/aromatic N) is 2. The Bertz CT molecular complexity index is 2360. The van der Waals surface area contributed by atoms with Crippen LogP contribution in [0.4, 0.5) is 17.1 Å². The number of hydrogen-bond acceptors (Lipinski definition) is 1. The molecule has 47 heavy (non-hydrogen) atoms. The number of para-hydroxylation sites is 4. The van der Waals surface area contributed by atoms with Gasteiger partial charge in [-0.2, -0.15) is 0 Å². The maximum atomic E-state index is 2.48. The zero-order valence-corrected chi connectivity index (χ0v) is 26.6. The fourth-order valence-electron chi connectivity index (χ4n) is 7.79. The molecule has 2 heteroatoms. The third-order valence-electron chi connectivity index (χ3n) is 9.96. The molecule has 0 saturated heterocycles. The van der Waals surface area contributed by atoms with Crippen LogP contribution in [0, 0.1) is 0 Å². The molecular formula is C45H34N2. The maximum absolute atomic E-state index is 2.48. The maximum Gasteiger partial charge on any atom is 0.0625 e. The summed E-state index contributed by atoms with van der Waals surface area (Å²) in [6.45, 7) is 4.76. The van der Waals surface area contributed by atoms with E-state index in [0.29, 0.717) is 0 Å². The van der Waals surface area contributed by atoms with Crippen LogP contribution in [-0.4, -0.2) is 4.57 Å². The SMILES string of the molecule is CC1(C)c2ccccc2-c2c1cc(-c1ccc(N(c3ccccc3)c3ccccc3)cc1)c1c2c2ccccc2n1-c1ccccc1. The number of anilines is 3. The molecule has 0 N–H and O–H groups in total. The molecule has 0 unspecified atom stereocenters. The molecule has 2 nitrogen and oxygen atoms in total. The minimum atomic E-state index is -0.123. The van der Waals surface area contributed by atoms with Crippen molar-refractivity contribution < 1.29 is 0 Å². The van der Waals surface area contributed by atoms with Gasteiger partial charge in [-0.3, -0.25) is 0 Å².